The van der Waals surface area contributed by atoms with Crippen molar-refractivity contribution in [2.45, 2.75) is 31.3 Å². The van der Waals surface area contributed by atoms with E-state index < -0.39 is 0 Å². The molecule has 2 unspecified atom stereocenters. The van der Waals surface area contributed by atoms with Crippen molar-refractivity contribution in [3.63, 3.8) is 0 Å². The van der Waals surface area contributed by atoms with Crippen LogP contribution in [-0.4, -0.2) is 40.8 Å². The van der Waals surface area contributed by atoms with E-state index in [2.05, 4.69) is 21.2 Å². The molecule has 2 aromatic rings. The van der Waals surface area contributed by atoms with Gasteiger partial charge in [0.15, 0.2) is 0 Å². The number of aromatic nitrogens is 1. The number of amides is 2. The fraction of sp³-hybridized carbons (Fsp3) is 0.381. The minimum Gasteiger partial charge on any atom is -0.341 e. The van der Waals surface area contributed by atoms with E-state index in [4.69, 9.17) is 11.6 Å². The van der Waals surface area contributed by atoms with Crippen molar-refractivity contribution in [2.75, 3.05) is 18.4 Å². The molecule has 0 bridgehead atoms. The van der Waals surface area contributed by atoms with Gasteiger partial charge in [0, 0.05) is 35.9 Å². The number of nitrogens with zero attached hydrogens (tertiary/aromatic N) is 2. The van der Waals surface area contributed by atoms with Crippen LogP contribution < -0.4 is 16.2 Å². The van der Waals surface area contributed by atoms with Gasteiger partial charge in [-0.25, -0.2) is 10.9 Å². The molecule has 0 spiro atoms. The standard InChI is InChI=1S/C21H24ClN5O2/c22-15-4-3-5-16(12-15)24-20(28)14-7-10-27(11-8-14)21(29)19-13-18(25-26-19)17-6-1-2-9-23-17/h1-6,9,12,14,18-19,25-26H,7-8,10-11,13H2,(H,24,28). The van der Waals surface area contributed by atoms with Crippen molar-refractivity contribution in [2.24, 2.45) is 5.92 Å². The lowest BCUT2D eigenvalue weighted by Crippen LogP contribution is -2.49. The first-order valence-electron chi connectivity index (χ1n) is 9.87. The number of halogens is 1. The summed E-state index contributed by atoms with van der Waals surface area (Å²) in [4.78, 5) is 31.6. The summed E-state index contributed by atoms with van der Waals surface area (Å²) < 4.78 is 0. The van der Waals surface area contributed by atoms with Gasteiger partial charge in [-0.2, -0.15) is 0 Å². The number of anilines is 1. The number of carbonyl (C=O) groups excluding carboxylic acids is 2. The summed E-state index contributed by atoms with van der Waals surface area (Å²) in [6, 6.07) is 12.6. The lowest BCUT2D eigenvalue weighted by molar-refractivity contribution is -0.136. The van der Waals surface area contributed by atoms with E-state index in [-0.39, 0.29) is 29.8 Å². The van der Waals surface area contributed by atoms with Gasteiger partial charge in [-0.15, -0.1) is 0 Å². The third-order valence-electron chi connectivity index (χ3n) is 5.52. The van der Waals surface area contributed by atoms with Crippen LogP contribution in [0.5, 0.6) is 0 Å². The lowest BCUT2D eigenvalue weighted by atomic mass is 9.95. The maximum Gasteiger partial charge on any atom is 0.241 e. The highest BCUT2D eigenvalue weighted by molar-refractivity contribution is 6.30. The summed E-state index contributed by atoms with van der Waals surface area (Å²) >= 11 is 5.97. The summed E-state index contributed by atoms with van der Waals surface area (Å²) in [7, 11) is 0. The summed E-state index contributed by atoms with van der Waals surface area (Å²) in [5.41, 5.74) is 7.89. The second-order valence-electron chi connectivity index (χ2n) is 7.48. The van der Waals surface area contributed by atoms with Crippen molar-refractivity contribution in [1.82, 2.24) is 20.7 Å². The number of hydrazine groups is 1. The molecule has 152 valence electrons. The Hall–Kier alpha value is -2.48. The van der Waals surface area contributed by atoms with Crippen molar-refractivity contribution in [3.05, 3.63) is 59.4 Å². The Bertz CT molecular complexity index is 870. The fourth-order valence-electron chi connectivity index (χ4n) is 3.89. The minimum absolute atomic E-state index is 0.0183. The topological polar surface area (TPSA) is 86.4 Å². The molecule has 29 heavy (non-hydrogen) atoms. The van der Waals surface area contributed by atoms with Crippen LogP contribution in [0.15, 0.2) is 48.7 Å². The highest BCUT2D eigenvalue weighted by Gasteiger charge is 2.35. The smallest absolute Gasteiger partial charge is 0.241 e. The Morgan fingerprint density at radius 2 is 1.93 bits per heavy atom. The molecule has 4 rings (SSSR count). The highest BCUT2D eigenvalue weighted by atomic mass is 35.5. The van der Waals surface area contributed by atoms with Gasteiger partial charge in [0.2, 0.25) is 11.8 Å². The Balaban J connectivity index is 1.27. The Morgan fingerprint density at radius 1 is 1.10 bits per heavy atom. The van der Waals surface area contributed by atoms with Crippen LogP contribution in [-0.2, 0) is 9.59 Å². The molecule has 0 aliphatic carbocycles. The van der Waals surface area contributed by atoms with Gasteiger partial charge >= 0.3 is 0 Å². The van der Waals surface area contributed by atoms with Gasteiger partial charge in [-0.1, -0.05) is 23.7 Å². The minimum atomic E-state index is -0.279. The molecule has 3 heterocycles. The quantitative estimate of drug-likeness (QED) is 0.717. The largest absolute Gasteiger partial charge is 0.341 e. The second kappa shape index (κ2) is 8.90. The number of piperidine rings is 1. The third-order valence-corrected chi connectivity index (χ3v) is 5.75. The highest BCUT2D eigenvalue weighted by Crippen LogP contribution is 2.25. The molecule has 1 aromatic carbocycles. The number of hydrogen-bond acceptors (Lipinski definition) is 5. The molecule has 2 aliphatic rings. The van der Waals surface area contributed by atoms with Crippen LogP contribution in [0, 0.1) is 5.92 Å². The Kier molecular flexibility index (Phi) is 6.08. The van der Waals surface area contributed by atoms with Gasteiger partial charge in [0.05, 0.1) is 11.7 Å². The van der Waals surface area contributed by atoms with Gasteiger partial charge in [0.1, 0.15) is 6.04 Å². The number of benzene rings is 1. The van der Waals surface area contributed by atoms with E-state index in [1.165, 1.54) is 0 Å². The molecule has 2 fully saturated rings. The molecule has 3 N–H and O–H groups in total. The molecular weight excluding hydrogens is 390 g/mol. The van der Waals surface area contributed by atoms with Crippen molar-refractivity contribution < 1.29 is 9.59 Å². The predicted octanol–water partition coefficient (Wildman–Crippen LogP) is 2.52. The number of likely N-dealkylation sites (tertiary alicyclic amines) is 1. The SMILES string of the molecule is O=C(Nc1cccc(Cl)c1)C1CCN(C(=O)C2CC(c3ccccn3)NN2)CC1. The van der Waals surface area contributed by atoms with Crippen LogP contribution in [0.3, 0.4) is 0 Å². The molecule has 0 radical (unpaired) electrons. The van der Waals surface area contributed by atoms with Crippen LogP contribution >= 0.6 is 11.6 Å². The van der Waals surface area contributed by atoms with Crippen LogP contribution in [0.4, 0.5) is 5.69 Å². The van der Waals surface area contributed by atoms with E-state index in [9.17, 15) is 9.59 Å². The second-order valence-corrected chi connectivity index (χ2v) is 7.92. The summed E-state index contributed by atoms with van der Waals surface area (Å²) in [5, 5.41) is 3.51. The average molecular weight is 414 g/mol. The van der Waals surface area contributed by atoms with E-state index >= 15 is 0 Å². The van der Waals surface area contributed by atoms with E-state index in [0.717, 1.165) is 5.69 Å². The normalized spacial score (nSPS) is 22.4. The van der Waals surface area contributed by atoms with Crippen LogP contribution in [0.2, 0.25) is 5.02 Å². The zero-order valence-electron chi connectivity index (χ0n) is 16.0. The molecule has 2 atom stereocenters. The zero-order chi connectivity index (χ0) is 20.2. The first kappa shape index (κ1) is 19.8. The van der Waals surface area contributed by atoms with Crippen molar-refractivity contribution >= 4 is 29.1 Å². The Labute approximate surface area is 174 Å². The molecule has 2 amide bonds. The molecule has 8 heteroatoms. The maximum atomic E-state index is 12.9. The Morgan fingerprint density at radius 3 is 2.66 bits per heavy atom. The third kappa shape index (κ3) is 4.75. The number of hydrogen-bond donors (Lipinski definition) is 3. The first-order chi connectivity index (χ1) is 14.1. The number of nitrogens with one attached hydrogen (secondary N) is 3. The van der Waals surface area contributed by atoms with E-state index in [1.54, 1.807) is 24.4 Å². The molecule has 2 aliphatic heterocycles. The first-order valence-corrected chi connectivity index (χ1v) is 10.2. The lowest BCUT2D eigenvalue weighted by Gasteiger charge is -2.32. The predicted molar refractivity (Wildman–Crippen MR) is 111 cm³/mol. The van der Waals surface area contributed by atoms with Gasteiger partial charge in [-0.3, -0.25) is 14.6 Å². The van der Waals surface area contributed by atoms with Crippen molar-refractivity contribution in [1.29, 1.82) is 0 Å². The molecule has 2 saturated heterocycles. The monoisotopic (exact) mass is 413 g/mol. The molecule has 7 nitrogen and oxygen atoms in total. The molecule has 1 aromatic heterocycles. The molecular formula is C21H24ClN5O2. The summed E-state index contributed by atoms with van der Waals surface area (Å²) in [6.45, 7) is 1.16. The number of rotatable bonds is 4. The van der Waals surface area contributed by atoms with Crippen LogP contribution in [0.1, 0.15) is 31.0 Å². The van der Waals surface area contributed by atoms with Gasteiger partial charge < -0.3 is 10.2 Å². The summed E-state index contributed by atoms with van der Waals surface area (Å²) in [5.74, 6) is -0.0474. The van der Waals surface area contributed by atoms with Gasteiger partial charge in [-0.05, 0) is 49.6 Å². The van der Waals surface area contributed by atoms with E-state index in [1.807, 2.05) is 29.2 Å². The number of carbonyl (C=O) groups is 2. The van der Waals surface area contributed by atoms with E-state index in [0.29, 0.717) is 43.1 Å². The average Bonchev–Trinajstić information content (AvgIpc) is 3.24. The van der Waals surface area contributed by atoms with Crippen molar-refractivity contribution in [3.8, 4) is 0 Å². The molecule has 0 saturated carbocycles. The van der Waals surface area contributed by atoms with Crippen LogP contribution in [0.25, 0.3) is 0 Å². The fourth-order valence-corrected chi connectivity index (χ4v) is 4.08. The maximum absolute atomic E-state index is 12.9. The summed E-state index contributed by atoms with van der Waals surface area (Å²) in [6.07, 6.45) is 3.72. The zero-order valence-corrected chi connectivity index (χ0v) is 16.7. The van der Waals surface area contributed by atoms with Gasteiger partial charge in [0.25, 0.3) is 0 Å². The number of pyridine rings is 1.